The zero-order valence-electron chi connectivity index (χ0n) is 18.6. The Labute approximate surface area is 182 Å². The molecule has 164 valence electrons. The number of nitrogens with one attached hydrogen (secondary N) is 1. The monoisotopic (exact) mass is 422 g/mol. The van der Waals surface area contributed by atoms with Crippen molar-refractivity contribution in [2.45, 2.75) is 64.6 Å². The lowest BCUT2D eigenvalue weighted by atomic mass is 10.1. The Balaban J connectivity index is 1.47. The number of hydrogen-bond donors (Lipinski definition) is 1. The van der Waals surface area contributed by atoms with Gasteiger partial charge in [0.15, 0.2) is 17.1 Å². The summed E-state index contributed by atoms with van der Waals surface area (Å²) in [6.45, 7) is 6.05. The summed E-state index contributed by atoms with van der Waals surface area (Å²) < 4.78 is 13.5. The van der Waals surface area contributed by atoms with Crippen LogP contribution >= 0.6 is 0 Å². The first kappa shape index (κ1) is 21.2. The Morgan fingerprint density at radius 1 is 1.13 bits per heavy atom. The molecule has 1 aliphatic carbocycles. The molecule has 1 saturated carbocycles. The second-order valence-electron chi connectivity index (χ2n) is 8.45. The molecule has 31 heavy (non-hydrogen) atoms. The lowest BCUT2D eigenvalue weighted by Crippen LogP contribution is -2.26. The van der Waals surface area contributed by atoms with Gasteiger partial charge in [-0.25, -0.2) is 9.67 Å². The molecular weight excluding hydrogens is 392 g/mol. The van der Waals surface area contributed by atoms with E-state index in [1.54, 1.807) is 19.5 Å². The van der Waals surface area contributed by atoms with Gasteiger partial charge in [0.2, 0.25) is 0 Å². The van der Waals surface area contributed by atoms with E-state index in [2.05, 4.69) is 29.2 Å². The van der Waals surface area contributed by atoms with Gasteiger partial charge >= 0.3 is 0 Å². The summed E-state index contributed by atoms with van der Waals surface area (Å²) in [6.07, 6.45) is 8.22. The Hall–Kier alpha value is -3.09. The molecule has 2 aromatic heterocycles. The van der Waals surface area contributed by atoms with Crippen molar-refractivity contribution in [1.82, 2.24) is 20.1 Å². The van der Waals surface area contributed by atoms with Crippen LogP contribution in [0, 0.1) is 0 Å². The van der Waals surface area contributed by atoms with Crippen molar-refractivity contribution in [3.05, 3.63) is 47.8 Å². The summed E-state index contributed by atoms with van der Waals surface area (Å²) in [4.78, 5) is 17.3. The minimum Gasteiger partial charge on any atom is -0.493 e. The van der Waals surface area contributed by atoms with E-state index in [9.17, 15) is 4.79 Å². The number of rotatable bonds is 7. The lowest BCUT2D eigenvalue weighted by Gasteiger charge is -2.19. The lowest BCUT2D eigenvalue weighted by molar-refractivity contribution is 0.0939. The average molecular weight is 423 g/mol. The fraction of sp³-hybridized carbons (Fsp3) is 0.458. The second kappa shape index (κ2) is 8.96. The van der Waals surface area contributed by atoms with Gasteiger partial charge in [-0.05, 0) is 70.2 Å². The molecule has 0 spiro atoms. The third kappa shape index (κ3) is 4.50. The van der Waals surface area contributed by atoms with Crippen molar-refractivity contribution in [1.29, 1.82) is 0 Å². The molecule has 3 aromatic rings. The van der Waals surface area contributed by atoms with Crippen LogP contribution in [0.1, 0.15) is 74.5 Å². The van der Waals surface area contributed by atoms with Gasteiger partial charge in [0, 0.05) is 17.6 Å². The highest BCUT2D eigenvalue weighted by Crippen LogP contribution is 2.33. The van der Waals surface area contributed by atoms with Crippen LogP contribution in [-0.4, -0.2) is 33.9 Å². The molecule has 0 radical (unpaired) electrons. The zero-order chi connectivity index (χ0) is 22.0. The quantitative estimate of drug-likeness (QED) is 0.590. The van der Waals surface area contributed by atoms with Gasteiger partial charge < -0.3 is 14.8 Å². The number of pyridine rings is 1. The Morgan fingerprint density at radius 2 is 1.90 bits per heavy atom. The van der Waals surface area contributed by atoms with Crippen molar-refractivity contribution < 1.29 is 14.3 Å². The zero-order valence-corrected chi connectivity index (χ0v) is 18.6. The summed E-state index contributed by atoms with van der Waals surface area (Å²) in [5.74, 6) is 1.27. The van der Waals surface area contributed by atoms with Gasteiger partial charge in [0.1, 0.15) is 0 Å². The average Bonchev–Trinajstić information content (AvgIpc) is 3.43. The number of hydrogen-bond acceptors (Lipinski definition) is 5. The first-order chi connectivity index (χ1) is 15.0. The molecule has 1 amide bonds. The maximum absolute atomic E-state index is 12.8. The summed E-state index contributed by atoms with van der Waals surface area (Å²) in [7, 11) is 1.64. The number of aromatic nitrogens is 3. The minimum atomic E-state index is -0.198. The van der Waals surface area contributed by atoms with Gasteiger partial charge in [-0.1, -0.05) is 6.07 Å². The van der Waals surface area contributed by atoms with E-state index in [-0.39, 0.29) is 24.1 Å². The van der Waals surface area contributed by atoms with Crippen LogP contribution in [0.2, 0.25) is 0 Å². The number of nitrogens with zero attached hydrogens (tertiary/aromatic N) is 3. The van der Waals surface area contributed by atoms with E-state index in [0.717, 1.165) is 35.2 Å². The van der Waals surface area contributed by atoms with E-state index < -0.39 is 0 Å². The summed E-state index contributed by atoms with van der Waals surface area (Å²) in [5, 5.41) is 8.26. The van der Waals surface area contributed by atoms with E-state index in [1.165, 1.54) is 12.8 Å². The molecule has 1 N–H and O–H groups in total. The van der Waals surface area contributed by atoms with Crippen LogP contribution in [0.3, 0.4) is 0 Å². The number of methoxy groups -OCH3 is 1. The predicted molar refractivity (Wildman–Crippen MR) is 120 cm³/mol. The fourth-order valence-electron chi connectivity index (χ4n) is 4.04. The third-order valence-electron chi connectivity index (χ3n) is 5.82. The number of amides is 1. The van der Waals surface area contributed by atoms with E-state index >= 15 is 0 Å². The predicted octanol–water partition coefficient (Wildman–Crippen LogP) is 4.83. The smallest absolute Gasteiger partial charge is 0.253 e. The normalized spacial score (nSPS) is 15.4. The highest BCUT2D eigenvalue weighted by Gasteiger charge is 2.20. The second-order valence-corrected chi connectivity index (χ2v) is 8.45. The Kier molecular flexibility index (Phi) is 6.11. The number of carbonyl (C=O) groups excluding carboxylic acids is 1. The Morgan fingerprint density at radius 3 is 2.61 bits per heavy atom. The molecule has 4 rings (SSSR count). The molecular formula is C24H30N4O3. The van der Waals surface area contributed by atoms with E-state index in [4.69, 9.17) is 9.47 Å². The van der Waals surface area contributed by atoms with Gasteiger partial charge in [0.25, 0.3) is 5.91 Å². The maximum Gasteiger partial charge on any atom is 0.253 e. The van der Waals surface area contributed by atoms with Crippen molar-refractivity contribution in [2.24, 2.45) is 0 Å². The molecule has 2 heterocycles. The summed E-state index contributed by atoms with van der Waals surface area (Å²) in [6, 6.07) is 7.68. The molecule has 1 aromatic carbocycles. The molecule has 1 aliphatic rings. The minimum absolute atomic E-state index is 0.176. The highest BCUT2D eigenvalue weighted by molar-refractivity contribution is 5.97. The molecule has 1 atom stereocenters. The van der Waals surface area contributed by atoms with Gasteiger partial charge in [-0.15, -0.1) is 0 Å². The number of carbonyl (C=O) groups is 1. The van der Waals surface area contributed by atoms with Crippen molar-refractivity contribution in [3.8, 4) is 11.5 Å². The van der Waals surface area contributed by atoms with Crippen LogP contribution in [0.25, 0.3) is 11.0 Å². The van der Waals surface area contributed by atoms with Crippen LogP contribution < -0.4 is 14.8 Å². The van der Waals surface area contributed by atoms with Crippen LogP contribution in [0.4, 0.5) is 0 Å². The van der Waals surface area contributed by atoms with E-state index in [1.807, 2.05) is 35.9 Å². The van der Waals surface area contributed by atoms with E-state index in [0.29, 0.717) is 11.3 Å². The largest absolute Gasteiger partial charge is 0.493 e. The molecule has 1 fully saturated rings. The molecule has 7 heteroatoms. The highest BCUT2D eigenvalue weighted by atomic mass is 16.5. The van der Waals surface area contributed by atoms with Crippen LogP contribution in [0.5, 0.6) is 11.5 Å². The van der Waals surface area contributed by atoms with Crippen LogP contribution in [0.15, 0.2) is 36.7 Å². The first-order valence-corrected chi connectivity index (χ1v) is 10.9. The molecule has 0 saturated heterocycles. The fourth-order valence-corrected chi connectivity index (χ4v) is 4.04. The number of ether oxygens (including phenoxy) is 2. The van der Waals surface area contributed by atoms with Gasteiger partial charge in [-0.3, -0.25) is 4.79 Å². The van der Waals surface area contributed by atoms with Crippen molar-refractivity contribution >= 4 is 16.9 Å². The van der Waals surface area contributed by atoms with Gasteiger partial charge in [0.05, 0.1) is 31.0 Å². The summed E-state index contributed by atoms with van der Waals surface area (Å²) >= 11 is 0. The standard InChI is InChI=1S/C24H30N4O3/c1-15(2)28-23-18(14-26-28)11-19(13-25-23)24(29)27-16(3)17-9-10-21(22(12-17)30-4)31-20-7-5-6-8-20/h9-16,20H,5-8H2,1-4H3,(H,27,29). The Bertz CT molecular complexity index is 1070. The first-order valence-electron chi connectivity index (χ1n) is 10.9. The third-order valence-corrected chi connectivity index (χ3v) is 5.82. The van der Waals surface area contributed by atoms with Crippen molar-refractivity contribution in [3.63, 3.8) is 0 Å². The van der Waals surface area contributed by atoms with Gasteiger partial charge in [-0.2, -0.15) is 5.10 Å². The molecule has 1 unspecified atom stereocenters. The SMILES string of the molecule is COc1cc(C(C)NC(=O)c2cnc3c(cnn3C(C)C)c2)ccc1OC1CCCC1. The van der Waals surface area contributed by atoms with Crippen LogP contribution in [-0.2, 0) is 0 Å². The number of benzene rings is 1. The molecule has 0 bridgehead atoms. The maximum atomic E-state index is 12.8. The molecule has 7 nitrogen and oxygen atoms in total. The topological polar surface area (TPSA) is 78.3 Å². The molecule has 0 aliphatic heterocycles. The van der Waals surface area contributed by atoms with Crippen molar-refractivity contribution in [2.75, 3.05) is 7.11 Å². The number of fused-ring (bicyclic) bond motifs is 1. The summed E-state index contributed by atoms with van der Waals surface area (Å²) in [5.41, 5.74) is 2.24.